The molecule has 5 heteroatoms. The Kier molecular flexibility index (Phi) is 3.55. The maximum absolute atomic E-state index is 12.7. The molecule has 0 aliphatic heterocycles. The Hall–Kier alpha value is -1.34. The molecule has 0 unspecified atom stereocenters. The van der Waals surface area contributed by atoms with E-state index in [1.54, 1.807) is 0 Å². The molecule has 3 aromatic rings. The van der Waals surface area contributed by atoms with E-state index in [0.29, 0.717) is 3.70 Å². The van der Waals surface area contributed by atoms with Gasteiger partial charge in [0.2, 0.25) is 10.0 Å². The summed E-state index contributed by atoms with van der Waals surface area (Å²) in [5.41, 5.74) is 1.52. The number of hydrogen-bond donors (Lipinski definition) is 0. The van der Waals surface area contributed by atoms with Crippen LogP contribution in [0.2, 0.25) is 0 Å². The van der Waals surface area contributed by atoms with Crippen molar-refractivity contribution in [1.82, 2.24) is 3.97 Å². The minimum atomic E-state index is -3.42. The smallest absolute Gasteiger partial charge is 0.232 e. The van der Waals surface area contributed by atoms with Gasteiger partial charge in [-0.3, -0.25) is 0 Å². The summed E-state index contributed by atoms with van der Waals surface area (Å²) < 4.78 is 27.4. The van der Waals surface area contributed by atoms with Crippen molar-refractivity contribution in [2.75, 3.05) is 0 Å². The maximum atomic E-state index is 12.7. The number of halogens is 1. The summed E-state index contributed by atoms with van der Waals surface area (Å²) in [6.07, 6.45) is 0. The molecule has 102 valence electrons. The van der Waals surface area contributed by atoms with Crippen molar-refractivity contribution in [3.8, 4) is 0 Å². The van der Waals surface area contributed by atoms with Crippen LogP contribution in [0, 0.1) is 3.70 Å². The lowest BCUT2D eigenvalue weighted by Gasteiger charge is -2.09. The van der Waals surface area contributed by atoms with Gasteiger partial charge in [-0.15, -0.1) is 0 Å². The SMILES string of the molecule is O=S(=O)(Cc1ccccc1)n1c(I)cc2ccccc21. The van der Waals surface area contributed by atoms with Crippen molar-refractivity contribution in [2.45, 2.75) is 5.75 Å². The molecule has 0 N–H and O–H groups in total. The molecule has 2 aromatic carbocycles. The van der Waals surface area contributed by atoms with Crippen molar-refractivity contribution in [3.05, 3.63) is 69.9 Å². The molecule has 0 amide bonds. The average molecular weight is 397 g/mol. The van der Waals surface area contributed by atoms with Gasteiger partial charge in [0.1, 0.15) is 0 Å². The fraction of sp³-hybridized carbons (Fsp3) is 0.0667. The van der Waals surface area contributed by atoms with E-state index in [0.717, 1.165) is 16.5 Å². The van der Waals surface area contributed by atoms with Crippen LogP contribution in [0.4, 0.5) is 0 Å². The zero-order valence-corrected chi connectivity index (χ0v) is 13.5. The third-order valence-corrected chi connectivity index (χ3v) is 5.86. The van der Waals surface area contributed by atoms with E-state index in [1.807, 2.05) is 60.7 Å². The molecule has 0 bridgehead atoms. The first-order chi connectivity index (χ1) is 9.58. The van der Waals surface area contributed by atoms with E-state index >= 15 is 0 Å². The van der Waals surface area contributed by atoms with Crippen LogP contribution >= 0.6 is 22.6 Å². The quantitative estimate of drug-likeness (QED) is 0.634. The first-order valence-electron chi connectivity index (χ1n) is 6.11. The molecule has 0 saturated carbocycles. The molecule has 1 aromatic heterocycles. The predicted molar refractivity (Wildman–Crippen MR) is 89.1 cm³/mol. The van der Waals surface area contributed by atoms with Gasteiger partial charge < -0.3 is 0 Å². The molecule has 0 spiro atoms. The van der Waals surface area contributed by atoms with Crippen LogP contribution in [-0.4, -0.2) is 12.4 Å². The number of hydrogen-bond acceptors (Lipinski definition) is 2. The highest BCUT2D eigenvalue weighted by Crippen LogP contribution is 2.24. The third-order valence-electron chi connectivity index (χ3n) is 3.09. The molecular formula is C15H12INO2S. The van der Waals surface area contributed by atoms with Crippen LogP contribution in [0.1, 0.15) is 5.56 Å². The summed E-state index contributed by atoms with van der Waals surface area (Å²) in [5.74, 6) is 0.00250. The van der Waals surface area contributed by atoms with Crippen molar-refractivity contribution in [2.24, 2.45) is 0 Å². The molecule has 0 atom stereocenters. The fourth-order valence-electron chi connectivity index (χ4n) is 2.23. The molecule has 3 rings (SSSR count). The van der Waals surface area contributed by atoms with Crippen molar-refractivity contribution >= 4 is 43.5 Å². The van der Waals surface area contributed by atoms with Crippen LogP contribution in [0.3, 0.4) is 0 Å². The normalized spacial score (nSPS) is 11.8. The summed E-state index contributed by atoms with van der Waals surface area (Å²) in [6, 6.07) is 18.6. The predicted octanol–water partition coefficient (Wildman–Crippen LogP) is 3.62. The van der Waals surface area contributed by atoms with Crippen LogP contribution in [0.5, 0.6) is 0 Å². The van der Waals surface area contributed by atoms with Crippen LogP contribution in [-0.2, 0) is 15.8 Å². The molecule has 20 heavy (non-hydrogen) atoms. The van der Waals surface area contributed by atoms with E-state index in [4.69, 9.17) is 0 Å². The summed E-state index contributed by atoms with van der Waals surface area (Å²) >= 11 is 2.07. The molecule has 0 saturated heterocycles. The monoisotopic (exact) mass is 397 g/mol. The van der Waals surface area contributed by atoms with Gasteiger partial charge in [0, 0.05) is 5.39 Å². The molecule has 0 radical (unpaired) electrons. The van der Waals surface area contributed by atoms with Gasteiger partial charge >= 0.3 is 0 Å². The summed E-state index contributed by atoms with van der Waals surface area (Å²) in [4.78, 5) is 0. The van der Waals surface area contributed by atoms with Gasteiger partial charge in [-0.1, -0.05) is 48.5 Å². The van der Waals surface area contributed by atoms with E-state index in [9.17, 15) is 8.42 Å². The van der Waals surface area contributed by atoms with E-state index in [1.165, 1.54) is 3.97 Å². The second-order valence-corrected chi connectivity index (χ2v) is 7.46. The summed E-state index contributed by atoms with van der Waals surface area (Å²) in [6.45, 7) is 0. The highest BCUT2D eigenvalue weighted by molar-refractivity contribution is 14.1. The lowest BCUT2D eigenvalue weighted by atomic mass is 10.2. The zero-order valence-electron chi connectivity index (χ0n) is 10.5. The van der Waals surface area contributed by atoms with Gasteiger partial charge in [0.15, 0.2) is 0 Å². The molecular weight excluding hydrogens is 385 g/mol. The minimum absolute atomic E-state index is 0.00250. The standard InChI is InChI=1S/C15H12INO2S/c16-15-10-13-8-4-5-9-14(13)17(15)20(18,19)11-12-6-2-1-3-7-12/h1-10H,11H2. The molecule has 1 heterocycles. The van der Waals surface area contributed by atoms with E-state index < -0.39 is 10.0 Å². The fourth-order valence-corrected chi connectivity index (χ4v) is 5.25. The van der Waals surface area contributed by atoms with E-state index in [-0.39, 0.29) is 5.75 Å². The Morgan fingerprint density at radius 2 is 1.60 bits per heavy atom. The molecule has 0 fully saturated rings. The van der Waals surface area contributed by atoms with Crippen LogP contribution in [0.15, 0.2) is 60.7 Å². The Labute approximate surface area is 131 Å². The van der Waals surface area contributed by atoms with E-state index in [2.05, 4.69) is 22.6 Å². The molecule has 3 nitrogen and oxygen atoms in total. The van der Waals surface area contributed by atoms with Crippen LogP contribution in [0.25, 0.3) is 10.9 Å². The minimum Gasteiger partial charge on any atom is -0.232 e. The molecule has 0 aliphatic carbocycles. The Morgan fingerprint density at radius 1 is 0.950 bits per heavy atom. The number of aromatic nitrogens is 1. The van der Waals surface area contributed by atoms with Crippen molar-refractivity contribution in [1.29, 1.82) is 0 Å². The Balaban J connectivity index is 2.12. The van der Waals surface area contributed by atoms with Crippen molar-refractivity contribution < 1.29 is 8.42 Å². The Bertz CT molecular complexity index is 854. The second-order valence-electron chi connectivity index (χ2n) is 4.53. The molecule has 0 aliphatic rings. The van der Waals surface area contributed by atoms with Crippen molar-refractivity contribution in [3.63, 3.8) is 0 Å². The first kappa shape index (κ1) is 13.6. The summed E-state index contributed by atoms with van der Waals surface area (Å²) in [7, 11) is -3.42. The second kappa shape index (κ2) is 5.21. The lowest BCUT2D eigenvalue weighted by molar-refractivity contribution is 0.587. The highest BCUT2D eigenvalue weighted by atomic mass is 127. The van der Waals surface area contributed by atoms with Gasteiger partial charge in [-0.05, 0) is 40.3 Å². The Morgan fingerprint density at radius 3 is 2.35 bits per heavy atom. The topological polar surface area (TPSA) is 39.1 Å². The van der Waals surface area contributed by atoms with Gasteiger partial charge in [-0.2, -0.15) is 0 Å². The van der Waals surface area contributed by atoms with Crippen LogP contribution < -0.4 is 0 Å². The zero-order chi connectivity index (χ0) is 14.2. The number of benzene rings is 2. The largest absolute Gasteiger partial charge is 0.244 e. The first-order valence-corrected chi connectivity index (χ1v) is 8.80. The number of rotatable bonds is 3. The highest BCUT2D eigenvalue weighted by Gasteiger charge is 2.19. The maximum Gasteiger partial charge on any atom is 0.244 e. The number of fused-ring (bicyclic) bond motifs is 1. The van der Waals surface area contributed by atoms with Gasteiger partial charge in [-0.25, -0.2) is 12.4 Å². The third kappa shape index (κ3) is 2.47. The average Bonchev–Trinajstić information content (AvgIpc) is 2.75. The number of para-hydroxylation sites is 1. The number of nitrogens with zero attached hydrogens (tertiary/aromatic N) is 1. The lowest BCUT2D eigenvalue weighted by Crippen LogP contribution is -2.16. The summed E-state index contributed by atoms with van der Waals surface area (Å²) in [5, 5.41) is 0.938. The van der Waals surface area contributed by atoms with Gasteiger partial charge in [0.05, 0.1) is 15.0 Å². The van der Waals surface area contributed by atoms with Gasteiger partial charge in [0.25, 0.3) is 0 Å².